The lowest BCUT2D eigenvalue weighted by Gasteiger charge is -2.59. The average Bonchev–Trinajstić information content (AvgIpc) is 3.70. The van der Waals surface area contributed by atoms with E-state index in [9.17, 15) is 35.7 Å². The van der Waals surface area contributed by atoms with Gasteiger partial charge in [0.2, 0.25) is 0 Å². The molecule has 0 bridgehead atoms. The summed E-state index contributed by atoms with van der Waals surface area (Å²) in [5, 5.41) is 76.1. The lowest BCUT2D eigenvalue weighted by atomic mass is 9.47. The van der Waals surface area contributed by atoms with E-state index in [1.165, 1.54) is 18.4 Å². The number of fused-ring (bicyclic) bond motifs is 7. The van der Waals surface area contributed by atoms with Crippen molar-refractivity contribution in [3.63, 3.8) is 0 Å². The highest BCUT2D eigenvalue weighted by Crippen LogP contribution is 2.70. The maximum absolute atomic E-state index is 11.7. The third-order valence-corrected chi connectivity index (χ3v) is 18.3. The van der Waals surface area contributed by atoms with Gasteiger partial charge >= 0.3 is 0 Å². The molecule has 7 N–H and O–H groups in total. The van der Waals surface area contributed by atoms with E-state index in [1.807, 2.05) is 6.92 Å². The lowest BCUT2D eigenvalue weighted by molar-refractivity contribution is -0.391. The summed E-state index contributed by atoms with van der Waals surface area (Å²) >= 11 is 0. The van der Waals surface area contributed by atoms with Gasteiger partial charge < -0.3 is 73.6 Å². The van der Waals surface area contributed by atoms with E-state index in [-0.39, 0.29) is 23.0 Å². The molecule has 0 aromatic rings. The van der Waals surface area contributed by atoms with E-state index in [2.05, 4.69) is 33.8 Å². The Labute approximate surface area is 366 Å². The molecule has 3 saturated carbocycles. The summed E-state index contributed by atoms with van der Waals surface area (Å²) in [6, 6.07) is 0. The molecule has 26 unspecified atom stereocenters. The largest absolute Gasteiger partial charge is 0.394 e. The Bertz CT molecular complexity index is 1610. The van der Waals surface area contributed by atoms with Gasteiger partial charge in [-0.15, -0.1) is 0 Å². The summed E-state index contributed by atoms with van der Waals surface area (Å²) in [5.74, 6) is 1.98. The maximum Gasteiger partial charge on any atom is 0.187 e. The van der Waals surface area contributed by atoms with Crippen LogP contribution in [0.3, 0.4) is 0 Å². The van der Waals surface area contributed by atoms with Crippen molar-refractivity contribution in [2.75, 3.05) is 13.2 Å². The van der Waals surface area contributed by atoms with Gasteiger partial charge in [-0.1, -0.05) is 53.2 Å². The van der Waals surface area contributed by atoms with Crippen LogP contribution in [0.5, 0.6) is 0 Å². The van der Waals surface area contributed by atoms with Crippen LogP contribution in [0.15, 0.2) is 11.6 Å². The normalized spacial score (nSPS) is 57.6. The molecule has 354 valence electrons. The van der Waals surface area contributed by atoms with Crippen molar-refractivity contribution in [2.45, 2.75) is 217 Å². The van der Waals surface area contributed by atoms with Crippen molar-refractivity contribution in [3.05, 3.63) is 11.6 Å². The number of hydrogen-bond acceptors (Lipinski definition) is 15. The van der Waals surface area contributed by atoms with Crippen LogP contribution < -0.4 is 0 Å². The number of rotatable bonds is 8. The van der Waals surface area contributed by atoms with Gasteiger partial charge in [0.25, 0.3) is 0 Å². The first-order chi connectivity index (χ1) is 29.4. The van der Waals surface area contributed by atoms with Crippen LogP contribution in [-0.2, 0) is 37.9 Å². The number of aliphatic hydroxyl groups is 7. The molecule has 0 amide bonds. The van der Waals surface area contributed by atoms with Gasteiger partial charge in [-0.05, 0) is 105 Å². The molecule has 15 heteroatoms. The van der Waals surface area contributed by atoms with Crippen molar-refractivity contribution in [1.82, 2.24) is 0 Å². The van der Waals surface area contributed by atoms with Gasteiger partial charge in [0, 0.05) is 18.3 Å². The second-order valence-electron chi connectivity index (χ2n) is 21.7. The van der Waals surface area contributed by atoms with E-state index in [0.29, 0.717) is 48.3 Å². The molecule has 5 aliphatic heterocycles. The number of hydrogen-bond donors (Lipinski definition) is 7. The minimum absolute atomic E-state index is 0.000240. The van der Waals surface area contributed by atoms with Crippen LogP contribution in [-0.4, -0.2) is 153 Å². The van der Waals surface area contributed by atoms with Gasteiger partial charge in [0.15, 0.2) is 24.7 Å². The molecule has 8 fully saturated rings. The second kappa shape index (κ2) is 17.3. The van der Waals surface area contributed by atoms with Crippen molar-refractivity contribution >= 4 is 0 Å². The molecule has 0 radical (unpaired) electrons. The monoisotopic (exact) mass is 881 g/mol. The van der Waals surface area contributed by atoms with Gasteiger partial charge in [-0.2, -0.15) is 0 Å². The molecule has 9 rings (SSSR count). The van der Waals surface area contributed by atoms with E-state index >= 15 is 0 Å². The van der Waals surface area contributed by atoms with Crippen molar-refractivity contribution in [3.8, 4) is 0 Å². The Balaban J connectivity index is 0.940. The third kappa shape index (κ3) is 7.51. The molecule has 62 heavy (non-hydrogen) atoms. The first-order valence-corrected chi connectivity index (χ1v) is 24.1. The molecule has 0 aromatic heterocycles. The first kappa shape index (κ1) is 46.3. The SMILES string of the molecule is CCC1OC(OC2C(O)C(CO)OC(OC3CCC4(C)C(=CCC5C4CCC4(C)C5CC5OC6(CCC(C)CO6)C(C)C54)C3)C2OC2OC(C)C(O)C(O)C2O)C(C)C(O)C1O. The fraction of sp³-hybridized carbons (Fsp3) is 0.957. The summed E-state index contributed by atoms with van der Waals surface area (Å²) in [7, 11) is 0. The lowest BCUT2D eigenvalue weighted by Crippen LogP contribution is -2.66. The molecule has 26 atom stereocenters. The predicted octanol–water partition coefficient (Wildman–Crippen LogP) is 2.91. The third-order valence-electron chi connectivity index (χ3n) is 18.3. The van der Waals surface area contributed by atoms with Crippen molar-refractivity contribution in [2.24, 2.45) is 52.3 Å². The van der Waals surface area contributed by atoms with Crippen LogP contribution in [0.4, 0.5) is 0 Å². The number of allylic oxidation sites excluding steroid dienone is 1. The molecule has 4 aliphatic carbocycles. The Morgan fingerprint density at radius 2 is 1.47 bits per heavy atom. The molecule has 5 saturated heterocycles. The standard InChI is InChI=1S/C47H76O15/c1-8-30-36(51)34(49)22(3)42(58-30)60-40-37(52)32(19-48)59-44(41(40)61-43-39(54)38(53)35(50)24(5)56-43)57-26-12-14-45(6)25(17-26)9-10-27-28(45)13-15-46(7)29(27)18-31-33(46)23(4)47(62-31)16-11-21(2)20-55-47/h9,21-24,26-44,48-54H,8,10-20H2,1-7H3. The van der Waals surface area contributed by atoms with Crippen LogP contribution in [0.1, 0.15) is 113 Å². The average molecular weight is 881 g/mol. The highest BCUT2D eigenvalue weighted by Gasteiger charge is 2.69. The number of ether oxygens (including phenoxy) is 8. The molecule has 15 nitrogen and oxygen atoms in total. The number of aliphatic hydroxyl groups excluding tert-OH is 7. The summed E-state index contributed by atoms with van der Waals surface area (Å²) in [5.41, 5.74) is 1.59. The van der Waals surface area contributed by atoms with Gasteiger partial charge in [0.05, 0.1) is 43.7 Å². The maximum atomic E-state index is 11.7. The van der Waals surface area contributed by atoms with E-state index in [4.69, 9.17) is 37.9 Å². The summed E-state index contributed by atoms with van der Waals surface area (Å²) in [6.45, 7) is 14.9. The van der Waals surface area contributed by atoms with Crippen LogP contribution >= 0.6 is 0 Å². The Morgan fingerprint density at radius 1 is 0.726 bits per heavy atom. The smallest absolute Gasteiger partial charge is 0.187 e. The molecular weight excluding hydrogens is 805 g/mol. The highest BCUT2D eigenvalue weighted by atomic mass is 16.8. The second-order valence-corrected chi connectivity index (χ2v) is 21.7. The molecular formula is C47H76O15. The zero-order valence-corrected chi connectivity index (χ0v) is 37.7. The Hall–Kier alpha value is -0.860. The minimum atomic E-state index is -1.67. The van der Waals surface area contributed by atoms with Gasteiger partial charge in [-0.3, -0.25) is 0 Å². The predicted molar refractivity (Wildman–Crippen MR) is 221 cm³/mol. The topological polar surface area (TPSA) is 215 Å². The fourth-order valence-corrected chi connectivity index (χ4v) is 14.4. The Morgan fingerprint density at radius 3 is 2.18 bits per heavy atom. The van der Waals surface area contributed by atoms with E-state index in [1.54, 1.807) is 13.8 Å². The van der Waals surface area contributed by atoms with E-state index < -0.39 is 104 Å². The molecule has 9 aliphatic rings. The molecule has 0 aromatic carbocycles. The Kier molecular flexibility index (Phi) is 12.9. The van der Waals surface area contributed by atoms with Crippen LogP contribution in [0, 0.1) is 52.3 Å². The van der Waals surface area contributed by atoms with Gasteiger partial charge in [-0.25, -0.2) is 0 Å². The first-order valence-electron chi connectivity index (χ1n) is 24.1. The quantitative estimate of drug-likeness (QED) is 0.175. The zero-order chi connectivity index (χ0) is 44.2. The van der Waals surface area contributed by atoms with Crippen LogP contribution in [0.2, 0.25) is 0 Å². The highest BCUT2D eigenvalue weighted by molar-refractivity contribution is 5.26. The van der Waals surface area contributed by atoms with Crippen molar-refractivity contribution < 1.29 is 73.6 Å². The molecule has 5 heterocycles. The van der Waals surface area contributed by atoms with Crippen molar-refractivity contribution in [1.29, 1.82) is 0 Å². The zero-order valence-electron chi connectivity index (χ0n) is 37.7. The van der Waals surface area contributed by atoms with E-state index in [0.717, 1.165) is 45.1 Å². The molecule has 1 spiro atoms. The van der Waals surface area contributed by atoms with Crippen LogP contribution in [0.25, 0.3) is 0 Å². The summed E-state index contributed by atoms with van der Waals surface area (Å²) in [6.07, 6.45) is -6.07. The van der Waals surface area contributed by atoms with Gasteiger partial charge in [0.1, 0.15) is 48.8 Å². The summed E-state index contributed by atoms with van der Waals surface area (Å²) in [4.78, 5) is 0. The minimum Gasteiger partial charge on any atom is -0.394 e. The summed E-state index contributed by atoms with van der Waals surface area (Å²) < 4.78 is 51.6. The fourth-order valence-electron chi connectivity index (χ4n) is 14.4.